The van der Waals surface area contributed by atoms with Gasteiger partial charge in [-0.2, -0.15) is 0 Å². The first-order chi connectivity index (χ1) is 7.08. The lowest BCUT2D eigenvalue weighted by Gasteiger charge is -2.31. The maximum Gasteiger partial charge on any atom is 0.0900 e. The van der Waals surface area contributed by atoms with Crippen molar-refractivity contribution in [2.45, 2.75) is 45.0 Å². The Morgan fingerprint density at radius 2 is 2.20 bits per heavy atom. The summed E-state index contributed by atoms with van der Waals surface area (Å²) >= 11 is 0. The molecule has 1 fully saturated rings. The number of nitrogens with zero attached hydrogens (tertiary/aromatic N) is 1. The van der Waals surface area contributed by atoms with Gasteiger partial charge in [0.05, 0.1) is 24.9 Å². The summed E-state index contributed by atoms with van der Waals surface area (Å²) in [4.78, 5) is 2.10. The number of piperidine rings is 1. The monoisotopic (exact) mass is 217 g/mol. The first-order valence-corrected chi connectivity index (χ1v) is 5.78. The van der Waals surface area contributed by atoms with E-state index in [2.05, 4.69) is 4.90 Å². The molecule has 0 aliphatic carbocycles. The summed E-state index contributed by atoms with van der Waals surface area (Å²) in [5, 5.41) is 19.1. The number of ether oxygens (including phenoxy) is 1. The van der Waals surface area contributed by atoms with Crippen LogP contribution >= 0.6 is 0 Å². The van der Waals surface area contributed by atoms with Crippen molar-refractivity contribution >= 4 is 0 Å². The van der Waals surface area contributed by atoms with Crippen LogP contribution in [-0.4, -0.2) is 59.7 Å². The Balaban J connectivity index is 2.16. The summed E-state index contributed by atoms with van der Waals surface area (Å²) < 4.78 is 5.33. The van der Waals surface area contributed by atoms with Crippen LogP contribution in [0.15, 0.2) is 0 Å². The van der Waals surface area contributed by atoms with Gasteiger partial charge in [0.25, 0.3) is 0 Å². The topological polar surface area (TPSA) is 52.9 Å². The van der Waals surface area contributed by atoms with Gasteiger partial charge in [0.2, 0.25) is 0 Å². The number of likely N-dealkylation sites (tertiary alicyclic amines) is 1. The molecule has 0 radical (unpaired) electrons. The molecule has 1 rings (SSSR count). The molecule has 2 N–H and O–H groups in total. The Kier molecular flexibility index (Phi) is 5.53. The van der Waals surface area contributed by atoms with Crippen LogP contribution in [0.4, 0.5) is 0 Å². The molecule has 0 saturated carbocycles. The third kappa shape index (κ3) is 5.47. The molecule has 0 aromatic rings. The van der Waals surface area contributed by atoms with Crippen LogP contribution in [0, 0.1) is 0 Å². The number of aliphatic hydroxyl groups excluding tert-OH is 2. The summed E-state index contributed by atoms with van der Waals surface area (Å²) in [7, 11) is 0. The van der Waals surface area contributed by atoms with Crippen LogP contribution in [0.25, 0.3) is 0 Å². The number of hydrogen-bond donors (Lipinski definition) is 2. The highest BCUT2D eigenvalue weighted by atomic mass is 16.5. The average Bonchev–Trinajstić information content (AvgIpc) is 2.15. The summed E-state index contributed by atoms with van der Waals surface area (Å²) in [6.07, 6.45) is 1.38. The Hall–Kier alpha value is -0.160. The van der Waals surface area contributed by atoms with E-state index in [4.69, 9.17) is 4.74 Å². The fraction of sp³-hybridized carbons (Fsp3) is 1.00. The lowest BCUT2D eigenvalue weighted by Crippen LogP contribution is -2.43. The lowest BCUT2D eigenvalue weighted by molar-refractivity contribution is -0.0205. The van der Waals surface area contributed by atoms with E-state index in [9.17, 15) is 10.2 Å². The highest BCUT2D eigenvalue weighted by Crippen LogP contribution is 2.10. The van der Waals surface area contributed by atoms with Crippen molar-refractivity contribution in [2.24, 2.45) is 0 Å². The average molecular weight is 217 g/mol. The molecule has 1 saturated heterocycles. The molecule has 4 heteroatoms. The van der Waals surface area contributed by atoms with Gasteiger partial charge in [-0.15, -0.1) is 0 Å². The quantitative estimate of drug-likeness (QED) is 0.692. The van der Waals surface area contributed by atoms with Crippen molar-refractivity contribution in [2.75, 3.05) is 26.2 Å². The van der Waals surface area contributed by atoms with Gasteiger partial charge in [-0.3, -0.25) is 4.90 Å². The van der Waals surface area contributed by atoms with Crippen LogP contribution in [-0.2, 0) is 4.74 Å². The van der Waals surface area contributed by atoms with Crippen LogP contribution in [0.5, 0.6) is 0 Å². The van der Waals surface area contributed by atoms with E-state index in [1.165, 1.54) is 0 Å². The maximum atomic E-state index is 9.69. The van der Waals surface area contributed by atoms with Crippen LogP contribution in [0.1, 0.15) is 26.7 Å². The minimum absolute atomic E-state index is 0.159. The first-order valence-electron chi connectivity index (χ1n) is 5.78. The Labute approximate surface area is 91.8 Å². The summed E-state index contributed by atoms with van der Waals surface area (Å²) in [5.74, 6) is 0. The van der Waals surface area contributed by atoms with Gasteiger partial charge in [-0.25, -0.2) is 0 Å². The van der Waals surface area contributed by atoms with Gasteiger partial charge in [-0.05, 0) is 33.2 Å². The minimum Gasteiger partial charge on any atom is -0.392 e. The fourth-order valence-electron chi connectivity index (χ4n) is 1.85. The van der Waals surface area contributed by atoms with Crippen molar-refractivity contribution in [1.29, 1.82) is 0 Å². The second kappa shape index (κ2) is 6.43. The number of β-amino-alcohol motifs (C(OH)–C–C–N with tert-alkyl or cyclic N) is 2. The number of hydrogen-bond acceptors (Lipinski definition) is 4. The summed E-state index contributed by atoms with van der Waals surface area (Å²) in [6, 6.07) is 0. The van der Waals surface area contributed by atoms with E-state index in [0.717, 1.165) is 19.4 Å². The maximum absolute atomic E-state index is 9.69. The predicted octanol–water partition coefficient (Wildman–Crippen LogP) is 0.229. The lowest BCUT2D eigenvalue weighted by atomic mass is 10.1. The molecule has 0 spiro atoms. The molecule has 0 amide bonds. The molecule has 15 heavy (non-hydrogen) atoms. The van der Waals surface area contributed by atoms with Gasteiger partial charge < -0.3 is 14.9 Å². The zero-order valence-corrected chi connectivity index (χ0v) is 9.72. The Morgan fingerprint density at radius 1 is 1.47 bits per heavy atom. The van der Waals surface area contributed by atoms with Crippen molar-refractivity contribution in [3.05, 3.63) is 0 Å². The van der Waals surface area contributed by atoms with Gasteiger partial charge >= 0.3 is 0 Å². The van der Waals surface area contributed by atoms with Crippen molar-refractivity contribution in [3.63, 3.8) is 0 Å². The second-order valence-electron chi connectivity index (χ2n) is 4.59. The first kappa shape index (κ1) is 12.9. The van der Waals surface area contributed by atoms with E-state index < -0.39 is 6.10 Å². The second-order valence-corrected chi connectivity index (χ2v) is 4.59. The van der Waals surface area contributed by atoms with Crippen molar-refractivity contribution in [3.8, 4) is 0 Å². The SMILES string of the molecule is CC(C)OCC(O)CN1CCCC(O)C1. The van der Waals surface area contributed by atoms with E-state index in [1.54, 1.807) is 0 Å². The molecule has 2 unspecified atom stereocenters. The molecular weight excluding hydrogens is 194 g/mol. The molecule has 0 aromatic heterocycles. The largest absolute Gasteiger partial charge is 0.392 e. The molecule has 4 nitrogen and oxygen atoms in total. The van der Waals surface area contributed by atoms with E-state index in [1.807, 2.05) is 13.8 Å². The van der Waals surface area contributed by atoms with Gasteiger partial charge in [-0.1, -0.05) is 0 Å². The predicted molar refractivity (Wildman–Crippen MR) is 58.8 cm³/mol. The fourth-order valence-corrected chi connectivity index (χ4v) is 1.85. The van der Waals surface area contributed by atoms with Crippen LogP contribution in [0.3, 0.4) is 0 Å². The van der Waals surface area contributed by atoms with Crippen molar-refractivity contribution in [1.82, 2.24) is 4.90 Å². The highest BCUT2D eigenvalue weighted by molar-refractivity contribution is 4.74. The third-order valence-corrected chi connectivity index (χ3v) is 2.57. The molecule has 0 aromatic carbocycles. The van der Waals surface area contributed by atoms with E-state index >= 15 is 0 Å². The van der Waals surface area contributed by atoms with E-state index in [-0.39, 0.29) is 12.2 Å². The highest BCUT2D eigenvalue weighted by Gasteiger charge is 2.19. The minimum atomic E-state index is -0.447. The Morgan fingerprint density at radius 3 is 2.80 bits per heavy atom. The molecule has 90 valence electrons. The molecule has 1 aliphatic heterocycles. The molecule has 1 heterocycles. The van der Waals surface area contributed by atoms with Gasteiger partial charge in [0, 0.05) is 13.1 Å². The normalized spacial score (nSPS) is 25.8. The molecule has 1 aliphatic rings. The smallest absolute Gasteiger partial charge is 0.0900 e. The third-order valence-electron chi connectivity index (χ3n) is 2.57. The van der Waals surface area contributed by atoms with Gasteiger partial charge in [0.15, 0.2) is 0 Å². The molecule has 2 atom stereocenters. The number of aliphatic hydroxyl groups is 2. The Bertz CT molecular complexity index is 175. The number of rotatable bonds is 5. The summed E-state index contributed by atoms with van der Waals surface area (Å²) in [6.45, 7) is 6.54. The molecule has 0 bridgehead atoms. The standard InChI is InChI=1S/C11H23NO3/c1-9(2)15-8-11(14)7-12-5-3-4-10(13)6-12/h9-11,13-14H,3-8H2,1-2H3. The summed E-state index contributed by atoms with van der Waals surface area (Å²) in [5.41, 5.74) is 0. The zero-order chi connectivity index (χ0) is 11.3. The van der Waals surface area contributed by atoms with Crippen molar-refractivity contribution < 1.29 is 14.9 Å². The molecular formula is C11H23NO3. The zero-order valence-electron chi connectivity index (χ0n) is 9.72. The van der Waals surface area contributed by atoms with Crippen LogP contribution in [0.2, 0.25) is 0 Å². The van der Waals surface area contributed by atoms with E-state index in [0.29, 0.717) is 19.7 Å². The van der Waals surface area contributed by atoms with Crippen LogP contribution < -0.4 is 0 Å². The van der Waals surface area contributed by atoms with Gasteiger partial charge in [0.1, 0.15) is 0 Å².